The highest BCUT2D eigenvalue weighted by Gasteiger charge is 2.92. The highest BCUT2D eigenvalue weighted by atomic mass is 16.7. The first kappa shape index (κ1) is 43.0. The van der Waals surface area contributed by atoms with Crippen molar-refractivity contribution in [3.63, 3.8) is 0 Å². The van der Waals surface area contributed by atoms with Crippen LogP contribution in [0.25, 0.3) is 0 Å². The number of carbonyl (C=O) groups is 8. The smallest absolute Gasteiger partial charge is 0.340 e. The number of hydrogen-bond donors (Lipinski definition) is 1. The van der Waals surface area contributed by atoms with E-state index in [4.69, 9.17) is 42.6 Å². The van der Waals surface area contributed by atoms with Gasteiger partial charge in [0.05, 0.1) is 23.1 Å². The molecule has 4 bridgehead atoms. The topological polar surface area (TPSA) is 253 Å². The number of nitrogens with zero attached hydrogens (tertiary/aromatic N) is 1. The van der Waals surface area contributed by atoms with Crippen molar-refractivity contribution in [3.05, 3.63) is 29.6 Å². The molecule has 4 aliphatic rings. The minimum absolute atomic E-state index is 0.0422. The van der Waals surface area contributed by atoms with Gasteiger partial charge in [-0.2, -0.15) is 0 Å². The van der Waals surface area contributed by atoms with Crippen LogP contribution in [0.5, 0.6) is 0 Å². The molecule has 1 N–H and O–H groups in total. The SMILES string of the molecule is CC(=O)OC[C@]12[C@H](OC(C)=O)[C@H](OC(C)=O)[C@H]3OC(=O)[C@@H](C)[C@@H](C)c4ncccc4C(=O)OC[C@@]4(C)O[C@]1([C@@H](OC(C)=O)[C@@H]4[C@H](OC(C)=O)[C@@H]2OC(C)=O)[C@]3(C)O. The zero-order valence-electron chi connectivity index (χ0n) is 33.2. The molecule has 2 aliphatic carbocycles. The number of pyridine rings is 1. The van der Waals surface area contributed by atoms with E-state index in [9.17, 15) is 43.5 Å². The lowest BCUT2D eigenvalue weighted by molar-refractivity contribution is -0.387. The molecule has 0 aromatic carbocycles. The molecule has 5 rings (SSSR count). The van der Waals surface area contributed by atoms with E-state index in [1.54, 1.807) is 6.92 Å². The quantitative estimate of drug-likeness (QED) is 0.298. The zero-order valence-corrected chi connectivity index (χ0v) is 33.2. The third kappa shape index (κ3) is 6.97. The Hall–Kier alpha value is -5.17. The van der Waals surface area contributed by atoms with Crippen molar-refractivity contribution in [2.75, 3.05) is 13.2 Å². The van der Waals surface area contributed by atoms with E-state index in [1.807, 2.05) is 0 Å². The molecular weight excluding hydrogens is 758 g/mol. The maximum atomic E-state index is 14.3. The fourth-order valence-corrected chi connectivity index (χ4v) is 9.25. The van der Waals surface area contributed by atoms with Gasteiger partial charge < -0.3 is 47.7 Å². The minimum Gasteiger partial charge on any atom is -0.465 e. The average molecular weight is 806 g/mol. The van der Waals surface area contributed by atoms with Crippen LogP contribution < -0.4 is 0 Å². The van der Waals surface area contributed by atoms with Gasteiger partial charge in [0.2, 0.25) is 0 Å². The maximum Gasteiger partial charge on any atom is 0.340 e. The predicted octanol–water partition coefficient (Wildman–Crippen LogP) is 1.03. The number of esters is 8. The summed E-state index contributed by atoms with van der Waals surface area (Å²) in [5.74, 6) is -11.6. The molecule has 1 spiro atoms. The van der Waals surface area contributed by atoms with Gasteiger partial charge in [0.15, 0.2) is 30.0 Å². The number of rotatable bonds is 7. The van der Waals surface area contributed by atoms with Crippen LogP contribution in [0.3, 0.4) is 0 Å². The van der Waals surface area contributed by atoms with Gasteiger partial charge in [-0.1, -0.05) is 13.8 Å². The van der Waals surface area contributed by atoms with Gasteiger partial charge in [-0.25, -0.2) is 4.79 Å². The van der Waals surface area contributed by atoms with Gasteiger partial charge in [0.25, 0.3) is 0 Å². The van der Waals surface area contributed by atoms with E-state index in [-0.39, 0.29) is 11.3 Å². The van der Waals surface area contributed by atoms with E-state index in [0.29, 0.717) is 0 Å². The van der Waals surface area contributed by atoms with Crippen molar-refractivity contribution in [1.82, 2.24) is 4.98 Å². The van der Waals surface area contributed by atoms with Crippen LogP contribution in [0, 0.1) is 17.3 Å². The third-order valence-corrected chi connectivity index (χ3v) is 11.4. The second kappa shape index (κ2) is 15.3. The number of hydrogen-bond acceptors (Lipinski definition) is 19. The molecule has 1 aromatic rings. The van der Waals surface area contributed by atoms with E-state index in [2.05, 4.69) is 4.98 Å². The second-order valence-electron chi connectivity index (χ2n) is 15.3. The third-order valence-electron chi connectivity index (χ3n) is 11.4. The molecule has 0 unspecified atom stereocenters. The van der Waals surface area contributed by atoms with Crippen LogP contribution in [0.1, 0.15) is 91.2 Å². The Labute approximate surface area is 327 Å². The fraction of sp³-hybridized carbons (Fsp3) is 0.658. The number of fused-ring (bicyclic) bond motifs is 5. The Balaban J connectivity index is 2.01. The first-order valence-electron chi connectivity index (χ1n) is 18.2. The number of aliphatic hydroxyl groups is 1. The van der Waals surface area contributed by atoms with Crippen LogP contribution in [0.2, 0.25) is 0 Å². The summed E-state index contributed by atoms with van der Waals surface area (Å²) in [5, 5.41) is 13.4. The van der Waals surface area contributed by atoms with Gasteiger partial charge in [-0.15, -0.1) is 0 Å². The summed E-state index contributed by atoms with van der Waals surface area (Å²) in [6.07, 6.45) is -10.5. The van der Waals surface area contributed by atoms with Crippen molar-refractivity contribution in [3.8, 4) is 0 Å². The standard InChI is InChI=1S/C38H47NO18/c1-16-17(2)33(46)56-30-28(52-20(5)42)32(55-23(8)45)37(15-49-18(3)40)31(54-22(7)44)27(51-19(4)41)25-29(53-21(6)43)38(37,36(30,10)48)57-35(25,9)14-50-34(47)24-12-11-13-39-26(16)24/h11-13,16-17,25,27-32,48H,14-15H2,1-10H3/t16-,17+,25+,27+,28-,29+,30-,31+,32-,35-,36-,37+,38-/m1/s1. The summed E-state index contributed by atoms with van der Waals surface area (Å²) in [7, 11) is 0. The number of ether oxygens (including phenoxy) is 9. The molecule has 2 saturated carbocycles. The van der Waals surface area contributed by atoms with E-state index in [1.165, 1.54) is 32.2 Å². The molecule has 3 fully saturated rings. The summed E-state index contributed by atoms with van der Waals surface area (Å²) < 4.78 is 54.3. The fourth-order valence-electron chi connectivity index (χ4n) is 9.25. The van der Waals surface area contributed by atoms with Gasteiger partial charge in [-0.3, -0.25) is 38.5 Å². The largest absolute Gasteiger partial charge is 0.465 e. The Bertz CT molecular complexity index is 1860. The second-order valence-corrected chi connectivity index (χ2v) is 15.3. The number of cyclic esters (lactones) is 1. The molecule has 13 atom stereocenters. The molecule has 57 heavy (non-hydrogen) atoms. The van der Waals surface area contributed by atoms with Crippen molar-refractivity contribution in [1.29, 1.82) is 0 Å². The van der Waals surface area contributed by atoms with Crippen LogP contribution in [0.15, 0.2) is 18.3 Å². The maximum absolute atomic E-state index is 14.3. The van der Waals surface area contributed by atoms with Crippen molar-refractivity contribution < 1.29 is 86.1 Å². The summed E-state index contributed by atoms with van der Waals surface area (Å²) in [6, 6.07) is 2.89. The molecular formula is C38H47NO18. The molecule has 3 heterocycles. The van der Waals surface area contributed by atoms with Gasteiger partial charge in [0.1, 0.15) is 42.0 Å². The van der Waals surface area contributed by atoms with E-state index >= 15 is 0 Å². The molecule has 19 nitrogen and oxygen atoms in total. The predicted molar refractivity (Wildman–Crippen MR) is 185 cm³/mol. The highest BCUT2D eigenvalue weighted by molar-refractivity contribution is 5.91. The lowest BCUT2D eigenvalue weighted by atomic mass is 9.45. The van der Waals surface area contributed by atoms with Crippen LogP contribution in [-0.2, 0) is 76.2 Å². The molecule has 1 saturated heterocycles. The first-order valence-corrected chi connectivity index (χ1v) is 18.2. The van der Waals surface area contributed by atoms with Crippen LogP contribution in [-0.4, -0.2) is 124 Å². The van der Waals surface area contributed by atoms with Gasteiger partial charge in [0, 0.05) is 53.7 Å². The van der Waals surface area contributed by atoms with Crippen molar-refractivity contribution in [2.24, 2.45) is 17.3 Å². The monoisotopic (exact) mass is 805 g/mol. The van der Waals surface area contributed by atoms with Gasteiger partial charge in [-0.05, 0) is 26.0 Å². The van der Waals surface area contributed by atoms with E-state index < -0.39 is 138 Å². The normalized spacial score (nSPS) is 38.2. The summed E-state index contributed by atoms with van der Waals surface area (Å²) in [4.78, 5) is 111. The van der Waals surface area contributed by atoms with Gasteiger partial charge >= 0.3 is 47.8 Å². The molecule has 0 amide bonds. The molecule has 312 valence electrons. The van der Waals surface area contributed by atoms with Crippen molar-refractivity contribution in [2.45, 2.75) is 129 Å². The lowest BCUT2D eigenvalue weighted by Gasteiger charge is -2.67. The lowest BCUT2D eigenvalue weighted by Crippen LogP contribution is -2.89. The molecule has 19 heteroatoms. The Morgan fingerprint density at radius 2 is 1.30 bits per heavy atom. The minimum atomic E-state index is -2.82. The van der Waals surface area contributed by atoms with Crippen LogP contribution >= 0.6 is 0 Å². The zero-order chi connectivity index (χ0) is 42.6. The summed E-state index contributed by atoms with van der Waals surface area (Å²) >= 11 is 0. The Morgan fingerprint density at radius 1 is 0.772 bits per heavy atom. The average Bonchev–Trinajstić information content (AvgIpc) is 3.32. The first-order chi connectivity index (χ1) is 26.5. The molecule has 0 radical (unpaired) electrons. The van der Waals surface area contributed by atoms with E-state index in [0.717, 1.165) is 48.5 Å². The highest BCUT2D eigenvalue weighted by Crippen LogP contribution is 2.70. The Morgan fingerprint density at radius 3 is 1.84 bits per heavy atom. The molecule has 2 aliphatic heterocycles. The summed E-state index contributed by atoms with van der Waals surface area (Å²) in [5.41, 5.74) is -10.1. The van der Waals surface area contributed by atoms with Crippen LogP contribution in [0.4, 0.5) is 0 Å². The molecule has 1 aromatic heterocycles. The number of aromatic nitrogens is 1. The number of carbonyl (C=O) groups excluding carboxylic acids is 8. The van der Waals surface area contributed by atoms with Crippen molar-refractivity contribution >= 4 is 47.8 Å². The Kier molecular flexibility index (Phi) is 11.5. The summed E-state index contributed by atoms with van der Waals surface area (Å²) in [6.45, 7) is 9.67.